The van der Waals surface area contributed by atoms with Gasteiger partial charge < -0.3 is 0 Å². The third kappa shape index (κ3) is 19.3. The van der Waals surface area contributed by atoms with Gasteiger partial charge >= 0.3 is 29.6 Å². The number of rotatable bonds is 13. The van der Waals surface area contributed by atoms with Crippen molar-refractivity contribution in [2.75, 3.05) is 0 Å². The Balaban J connectivity index is 0. The fourth-order valence-electron chi connectivity index (χ4n) is 2.33. The van der Waals surface area contributed by atoms with Crippen LogP contribution in [0.4, 0.5) is 0 Å². The molecule has 1 atom stereocenters. The maximum absolute atomic E-state index is 4.03. The van der Waals surface area contributed by atoms with E-state index < -0.39 is 0 Å². The molecule has 0 aliphatic carbocycles. The molecule has 1 radical (unpaired) electrons. The topological polar surface area (TPSA) is 0 Å². The molecule has 0 nitrogen and oxygen atoms in total. The average molecular weight is 263 g/mol. The molecule has 0 aliphatic rings. The second-order valence-electron chi connectivity index (χ2n) is 5.78. The number of unbranched alkanes of at least 4 members (excludes halogenated alkanes) is 11. The first kappa shape index (κ1) is 21.3. The van der Waals surface area contributed by atoms with E-state index in [2.05, 4.69) is 20.8 Å². The summed E-state index contributed by atoms with van der Waals surface area (Å²) in [5.74, 6) is 0.651. The molecule has 0 aliphatic heterocycles. The fraction of sp³-hybridized carbons (Fsp3) is 0.941. The first-order valence-corrected chi connectivity index (χ1v) is 8.10. The Hall–Kier alpha value is 1.00. The number of hydrogen-bond donors (Lipinski definition) is 0. The van der Waals surface area contributed by atoms with Gasteiger partial charge in [0.25, 0.3) is 0 Å². The monoisotopic (exact) mass is 263 g/mol. The molecule has 18 heavy (non-hydrogen) atoms. The summed E-state index contributed by atoms with van der Waals surface area (Å²) < 4.78 is 0. The Morgan fingerprint density at radius 3 is 1.33 bits per heavy atom. The molecular formula is C17H36Na. The van der Waals surface area contributed by atoms with Crippen molar-refractivity contribution < 1.29 is 0 Å². The molecule has 0 saturated heterocycles. The van der Waals surface area contributed by atoms with Gasteiger partial charge in [-0.25, -0.2) is 0 Å². The van der Waals surface area contributed by atoms with Crippen molar-refractivity contribution in [2.45, 2.75) is 97.3 Å². The molecule has 105 valence electrons. The Bertz CT molecular complexity index is 132. The van der Waals surface area contributed by atoms with Gasteiger partial charge in [0.05, 0.1) is 0 Å². The summed E-state index contributed by atoms with van der Waals surface area (Å²) in [5.41, 5.74) is 0. The van der Waals surface area contributed by atoms with Gasteiger partial charge in [0.15, 0.2) is 0 Å². The van der Waals surface area contributed by atoms with Crippen LogP contribution in [0.5, 0.6) is 0 Å². The van der Waals surface area contributed by atoms with E-state index in [1.54, 1.807) is 0 Å². The summed E-state index contributed by atoms with van der Waals surface area (Å²) in [7, 11) is 0. The first-order valence-electron chi connectivity index (χ1n) is 8.10. The third-order valence-corrected chi connectivity index (χ3v) is 3.55. The summed E-state index contributed by atoms with van der Waals surface area (Å²) in [6.07, 6.45) is 18.6. The van der Waals surface area contributed by atoms with Gasteiger partial charge in [-0.1, -0.05) is 104 Å². The molecular weight excluding hydrogens is 227 g/mol. The molecule has 1 unspecified atom stereocenters. The van der Waals surface area contributed by atoms with E-state index in [4.69, 9.17) is 0 Å². The van der Waals surface area contributed by atoms with E-state index in [0.29, 0.717) is 5.92 Å². The minimum absolute atomic E-state index is 0. The van der Waals surface area contributed by atoms with Crippen LogP contribution in [-0.4, -0.2) is 29.6 Å². The summed E-state index contributed by atoms with van der Waals surface area (Å²) in [4.78, 5) is 0. The molecule has 0 N–H and O–H groups in total. The molecule has 0 spiro atoms. The molecule has 0 heterocycles. The van der Waals surface area contributed by atoms with Crippen LogP contribution in [-0.2, 0) is 0 Å². The normalized spacial score (nSPS) is 10.7. The van der Waals surface area contributed by atoms with Gasteiger partial charge in [0, 0.05) is 0 Å². The van der Waals surface area contributed by atoms with E-state index in [0.717, 1.165) is 0 Å². The van der Waals surface area contributed by atoms with Crippen molar-refractivity contribution in [3.63, 3.8) is 0 Å². The van der Waals surface area contributed by atoms with Crippen LogP contribution in [0.3, 0.4) is 0 Å². The summed E-state index contributed by atoms with van der Waals surface area (Å²) >= 11 is 0. The predicted octanol–water partition coefficient (Wildman–Crippen LogP) is 5.90. The van der Waals surface area contributed by atoms with Gasteiger partial charge in [0.1, 0.15) is 0 Å². The van der Waals surface area contributed by atoms with Crippen LogP contribution in [0.15, 0.2) is 0 Å². The van der Waals surface area contributed by atoms with Gasteiger partial charge in [-0.2, -0.15) is 0 Å². The summed E-state index contributed by atoms with van der Waals surface area (Å²) in [6, 6.07) is 0. The standard InChI is InChI=1S/C17H35.Na.H/c1-4-5-6-7-8-9-10-11-12-13-14-15-16-17(2)3;;/h17H,2,4-16H2,1,3H3;;. The molecule has 0 aromatic heterocycles. The van der Waals surface area contributed by atoms with Crippen LogP contribution in [0, 0.1) is 12.8 Å². The minimum atomic E-state index is 0. The molecule has 0 aromatic carbocycles. The van der Waals surface area contributed by atoms with E-state index >= 15 is 0 Å². The Labute approximate surface area is 139 Å². The zero-order chi connectivity index (χ0) is 12.8. The molecule has 0 rings (SSSR count). The van der Waals surface area contributed by atoms with Gasteiger partial charge in [-0.15, -0.1) is 0 Å². The van der Waals surface area contributed by atoms with E-state index in [1.165, 1.54) is 83.5 Å². The quantitative estimate of drug-likeness (QED) is 0.287. The zero-order valence-corrected chi connectivity index (χ0v) is 12.5. The Morgan fingerprint density at radius 1 is 0.667 bits per heavy atom. The van der Waals surface area contributed by atoms with Crippen molar-refractivity contribution in [3.05, 3.63) is 6.92 Å². The van der Waals surface area contributed by atoms with Gasteiger partial charge in [-0.05, 0) is 5.92 Å². The van der Waals surface area contributed by atoms with Crippen LogP contribution < -0.4 is 0 Å². The number of hydrogen-bond acceptors (Lipinski definition) is 0. The molecule has 0 saturated carbocycles. The van der Waals surface area contributed by atoms with Gasteiger partial charge in [-0.3, -0.25) is 0 Å². The second kappa shape index (κ2) is 18.0. The molecule has 0 bridgehead atoms. The van der Waals surface area contributed by atoms with Crippen LogP contribution in [0.2, 0.25) is 0 Å². The summed E-state index contributed by atoms with van der Waals surface area (Å²) in [6.45, 7) is 8.54. The second-order valence-corrected chi connectivity index (χ2v) is 5.78. The van der Waals surface area contributed by atoms with Crippen LogP contribution in [0.25, 0.3) is 0 Å². The molecule has 0 fully saturated rings. The molecule has 1 heteroatoms. The predicted molar refractivity (Wildman–Crippen MR) is 87.4 cm³/mol. The van der Waals surface area contributed by atoms with Crippen LogP contribution in [0.1, 0.15) is 97.3 Å². The van der Waals surface area contributed by atoms with Crippen molar-refractivity contribution in [1.82, 2.24) is 0 Å². The van der Waals surface area contributed by atoms with E-state index in [1.807, 2.05) is 0 Å². The third-order valence-electron chi connectivity index (χ3n) is 3.55. The summed E-state index contributed by atoms with van der Waals surface area (Å²) in [5, 5.41) is 0. The SMILES string of the molecule is [CH2]C(C)CCCCCCCCCCCCCC.[NaH]. The maximum atomic E-state index is 4.03. The van der Waals surface area contributed by atoms with E-state index in [9.17, 15) is 0 Å². The van der Waals surface area contributed by atoms with Crippen molar-refractivity contribution >= 4 is 29.6 Å². The van der Waals surface area contributed by atoms with Gasteiger partial charge in [0.2, 0.25) is 0 Å². The first-order chi connectivity index (χ1) is 8.27. The Kier molecular flexibility index (Phi) is 21.3. The van der Waals surface area contributed by atoms with Crippen molar-refractivity contribution in [3.8, 4) is 0 Å². The van der Waals surface area contributed by atoms with Crippen molar-refractivity contribution in [1.29, 1.82) is 0 Å². The van der Waals surface area contributed by atoms with Crippen molar-refractivity contribution in [2.24, 2.45) is 5.92 Å². The molecule has 0 aromatic rings. The van der Waals surface area contributed by atoms with E-state index in [-0.39, 0.29) is 29.6 Å². The average Bonchev–Trinajstić information content (AvgIpc) is 2.30. The Morgan fingerprint density at radius 2 is 1.00 bits per heavy atom. The fourth-order valence-corrected chi connectivity index (χ4v) is 2.33. The zero-order valence-electron chi connectivity index (χ0n) is 12.5. The van der Waals surface area contributed by atoms with Crippen LogP contribution >= 0.6 is 0 Å². The molecule has 0 amide bonds.